The summed E-state index contributed by atoms with van der Waals surface area (Å²) >= 11 is 0. The van der Waals surface area contributed by atoms with Crippen LogP contribution in [0.3, 0.4) is 0 Å². The summed E-state index contributed by atoms with van der Waals surface area (Å²) in [6, 6.07) is 1.41. The number of nitrogens with two attached hydrogens (primary N) is 1. The predicted molar refractivity (Wildman–Crippen MR) is 45.9 cm³/mol. The van der Waals surface area contributed by atoms with E-state index in [-0.39, 0.29) is 0 Å². The molecule has 0 rings (SSSR count). The molecule has 2 nitrogen and oxygen atoms in total. The molecule has 0 radical (unpaired) electrons. The van der Waals surface area contributed by atoms with Gasteiger partial charge in [-0.2, -0.15) is 0 Å². The molecule has 9 heavy (non-hydrogen) atoms. The first-order valence-corrected chi connectivity index (χ1v) is 5.24. The van der Waals surface area contributed by atoms with Crippen molar-refractivity contribution < 1.29 is 0 Å². The number of rotatable bonds is 6. The van der Waals surface area contributed by atoms with Gasteiger partial charge in [0.1, 0.15) is 0 Å². The summed E-state index contributed by atoms with van der Waals surface area (Å²) in [6.07, 6.45) is 2.46. The molecule has 0 saturated heterocycles. The molecule has 0 heterocycles. The summed E-state index contributed by atoms with van der Waals surface area (Å²) in [5.74, 6) is 0. The van der Waals surface area contributed by atoms with Crippen LogP contribution in [0.15, 0.2) is 0 Å². The average Bonchev–Trinajstić information content (AvgIpc) is 1.89. The molecule has 0 amide bonds. The van der Waals surface area contributed by atoms with Crippen LogP contribution in [0.4, 0.5) is 0 Å². The molecule has 0 bridgehead atoms. The maximum atomic E-state index is 5.31. The molecular formula is C6H18N2Si. The highest BCUT2D eigenvalue weighted by Gasteiger charge is 1.83. The SMILES string of the molecule is NCCCNCCC[SiH3]. The van der Waals surface area contributed by atoms with Gasteiger partial charge in [0.2, 0.25) is 0 Å². The maximum absolute atomic E-state index is 5.31. The Kier molecular flexibility index (Phi) is 8.26. The summed E-state index contributed by atoms with van der Waals surface area (Å²) in [6.45, 7) is 3.09. The van der Waals surface area contributed by atoms with E-state index < -0.39 is 0 Å². The van der Waals surface area contributed by atoms with Crippen molar-refractivity contribution in [3.05, 3.63) is 0 Å². The second-order valence-corrected chi connectivity index (χ2v) is 3.25. The lowest BCUT2D eigenvalue weighted by Crippen LogP contribution is -2.19. The quantitative estimate of drug-likeness (QED) is 0.376. The fourth-order valence-electron chi connectivity index (χ4n) is 0.654. The van der Waals surface area contributed by atoms with E-state index in [1.165, 1.54) is 29.3 Å². The molecule has 0 aromatic rings. The van der Waals surface area contributed by atoms with Crippen molar-refractivity contribution in [2.45, 2.75) is 18.9 Å². The van der Waals surface area contributed by atoms with Crippen molar-refractivity contribution in [3.63, 3.8) is 0 Å². The molecule has 0 fully saturated rings. The molecule has 0 aromatic carbocycles. The number of nitrogens with one attached hydrogen (secondary N) is 1. The van der Waals surface area contributed by atoms with Crippen molar-refractivity contribution in [1.82, 2.24) is 5.32 Å². The first-order valence-electron chi connectivity index (χ1n) is 3.82. The third-order valence-electron chi connectivity index (χ3n) is 1.26. The van der Waals surface area contributed by atoms with Crippen LogP contribution in [0.2, 0.25) is 6.04 Å². The Bertz CT molecular complexity index is 44.3. The Morgan fingerprint density at radius 3 is 2.44 bits per heavy atom. The molecule has 56 valence electrons. The van der Waals surface area contributed by atoms with Crippen LogP contribution in [0.25, 0.3) is 0 Å². The fraction of sp³-hybridized carbons (Fsp3) is 1.00. The molecule has 0 aromatic heterocycles. The number of hydrogen-bond donors (Lipinski definition) is 2. The van der Waals surface area contributed by atoms with Gasteiger partial charge >= 0.3 is 0 Å². The van der Waals surface area contributed by atoms with Gasteiger partial charge < -0.3 is 11.1 Å². The van der Waals surface area contributed by atoms with E-state index in [1.54, 1.807) is 0 Å². The standard InChI is InChI=1S/C6H18N2Si/c7-3-1-4-8-5-2-6-9/h8H,1-7H2,9H3. The van der Waals surface area contributed by atoms with Crippen LogP contribution in [-0.4, -0.2) is 29.9 Å². The van der Waals surface area contributed by atoms with Crippen LogP contribution in [-0.2, 0) is 0 Å². The van der Waals surface area contributed by atoms with E-state index in [4.69, 9.17) is 5.73 Å². The highest BCUT2D eigenvalue weighted by molar-refractivity contribution is 6.08. The summed E-state index contributed by atoms with van der Waals surface area (Å²) < 4.78 is 0. The van der Waals surface area contributed by atoms with E-state index >= 15 is 0 Å². The van der Waals surface area contributed by atoms with Gasteiger partial charge in [0.05, 0.1) is 0 Å². The largest absolute Gasteiger partial charge is 0.330 e. The molecular weight excluding hydrogens is 128 g/mol. The van der Waals surface area contributed by atoms with Gasteiger partial charge in [0.15, 0.2) is 0 Å². The lowest BCUT2D eigenvalue weighted by atomic mass is 10.4. The molecule has 0 spiro atoms. The lowest BCUT2D eigenvalue weighted by molar-refractivity contribution is 0.645. The summed E-state index contributed by atoms with van der Waals surface area (Å²) in [4.78, 5) is 0. The van der Waals surface area contributed by atoms with E-state index in [0.717, 1.165) is 19.5 Å². The second kappa shape index (κ2) is 8.14. The van der Waals surface area contributed by atoms with Gasteiger partial charge in [0.25, 0.3) is 0 Å². The van der Waals surface area contributed by atoms with E-state index in [9.17, 15) is 0 Å². The molecule has 3 heteroatoms. The fourth-order valence-corrected chi connectivity index (χ4v) is 1.01. The Hall–Kier alpha value is 0.137. The van der Waals surface area contributed by atoms with Crippen molar-refractivity contribution in [3.8, 4) is 0 Å². The summed E-state index contributed by atoms with van der Waals surface area (Å²) in [5, 5.41) is 3.33. The molecule has 0 saturated carbocycles. The minimum absolute atomic E-state index is 0.813. The van der Waals surface area contributed by atoms with E-state index in [0.29, 0.717) is 0 Å². The van der Waals surface area contributed by atoms with Gasteiger partial charge in [-0.1, -0.05) is 6.04 Å². The van der Waals surface area contributed by atoms with E-state index in [1.807, 2.05) is 0 Å². The molecule has 0 aliphatic heterocycles. The van der Waals surface area contributed by atoms with Gasteiger partial charge in [-0.25, -0.2) is 0 Å². The van der Waals surface area contributed by atoms with Crippen LogP contribution in [0, 0.1) is 0 Å². The zero-order valence-corrected chi connectivity index (χ0v) is 8.32. The van der Waals surface area contributed by atoms with Crippen molar-refractivity contribution in [1.29, 1.82) is 0 Å². The minimum Gasteiger partial charge on any atom is -0.330 e. The topological polar surface area (TPSA) is 38.0 Å². The first-order chi connectivity index (χ1) is 4.41. The maximum Gasteiger partial charge on any atom is 0.00286 e. The molecule has 3 N–H and O–H groups in total. The first kappa shape index (κ1) is 9.14. The number of hydrogen-bond acceptors (Lipinski definition) is 2. The normalized spacial score (nSPS) is 10.3. The van der Waals surface area contributed by atoms with Crippen molar-refractivity contribution in [2.75, 3.05) is 19.6 Å². The van der Waals surface area contributed by atoms with Gasteiger partial charge in [-0.15, -0.1) is 0 Å². The highest BCUT2D eigenvalue weighted by atomic mass is 28.1. The minimum atomic E-state index is 0.813. The van der Waals surface area contributed by atoms with Crippen LogP contribution in [0.1, 0.15) is 12.8 Å². The van der Waals surface area contributed by atoms with Crippen molar-refractivity contribution >= 4 is 10.2 Å². The molecule has 0 atom stereocenters. The smallest absolute Gasteiger partial charge is 0.00286 e. The zero-order valence-electron chi connectivity index (χ0n) is 6.32. The van der Waals surface area contributed by atoms with Gasteiger partial charge in [-0.05, 0) is 32.5 Å². The van der Waals surface area contributed by atoms with Gasteiger partial charge in [-0.3, -0.25) is 0 Å². The molecule has 0 aliphatic rings. The molecule has 0 unspecified atom stereocenters. The van der Waals surface area contributed by atoms with Gasteiger partial charge in [0, 0.05) is 10.2 Å². The van der Waals surface area contributed by atoms with Crippen molar-refractivity contribution in [2.24, 2.45) is 5.73 Å². The Balaban J connectivity index is 2.60. The Labute approximate surface area is 60.6 Å². The van der Waals surface area contributed by atoms with Crippen LogP contribution in [0.5, 0.6) is 0 Å². The lowest BCUT2D eigenvalue weighted by Gasteiger charge is -1.99. The summed E-state index contributed by atoms with van der Waals surface area (Å²) in [7, 11) is 1.34. The predicted octanol–water partition coefficient (Wildman–Crippen LogP) is -0.901. The third-order valence-corrected chi connectivity index (χ3v) is 1.97. The third kappa shape index (κ3) is 8.14. The monoisotopic (exact) mass is 146 g/mol. The summed E-state index contributed by atoms with van der Waals surface area (Å²) in [5.41, 5.74) is 5.31. The average molecular weight is 146 g/mol. The Morgan fingerprint density at radius 1 is 1.22 bits per heavy atom. The highest BCUT2D eigenvalue weighted by Crippen LogP contribution is 1.79. The second-order valence-electron chi connectivity index (χ2n) is 2.25. The van der Waals surface area contributed by atoms with Crippen LogP contribution < -0.4 is 11.1 Å². The van der Waals surface area contributed by atoms with E-state index in [2.05, 4.69) is 5.32 Å². The van der Waals surface area contributed by atoms with Crippen LogP contribution >= 0.6 is 0 Å². The molecule has 0 aliphatic carbocycles. The zero-order chi connectivity index (χ0) is 6.95. The Morgan fingerprint density at radius 2 is 1.89 bits per heavy atom.